The van der Waals surface area contributed by atoms with Gasteiger partial charge in [0.05, 0.1) is 17.6 Å². The Hall–Kier alpha value is -2.28. The second kappa shape index (κ2) is 14.6. The molecule has 4 rings (SSSR count). The van der Waals surface area contributed by atoms with Crippen LogP contribution in [-0.4, -0.2) is 73.6 Å². The molecule has 0 radical (unpaired) electrons. The Morgan fingerprint density at radius 3 is 2.49 bits per heavy atom. The van der Waals surface area contributed by atoms with Crippen LogP contribution in [0, 0.1) is 17.1 Å². The van der Waals surface area contributed by atoms with Crippen LogP contribution in [0.1, 0.15) is 24.2 Å². The molecule has 0 bridgehead atoms. The number of methoxy groups -OCH3 is 2. The Morgan fingerprint density at radius 2 is 1.78 bits per heavy atom. The number of hydrogen-bond acceptors (Lipinski definition) is 5. The number of para-hydroxylation sites is 2. The van der Waals surface area contributed by atoms with Crippen molar-refractivity contribution in [3.8, 4) is 0 Å². The normalized spacial score (nSPS) is 14.6. The monoisotopic (exact) mass is 624 g/mol. The minimum atomic E-state index is -0.366. The molecule has 3 N–H and O–H groups in total. The molecule has 0 spiro atoms. The van der Waals surface area contributed by atoms with Gasteiger partial charge in [-0.15, -0.1) is 24.0 Å². The number of nitrogens with one attached hydrogen (secondary N) is 3. The van der Waals surface area contributed by atoms with Crippen LogP contribution in [0.4, 0.5) is 4.39 Å². The fourth-order valence-corrected chi connectivity index (χ4v) is 4.75. The van der Waals surface area contributed by atoms with Gasteiger partial charge in [-0.1, -0.05) is 24.3 Å². The van der Waals surface area contributed by atoms with E-state index < -0.39 is 0 Å². The largest absolute Gasteiger partial charge is 0.355 e. The van der Waals surface area contributed by atoms with Crippen molar-refractivity contribution in [1.82, 2.24) is 25.1 Å². The van der Waals surface area contributed by atoms with Crippen molar-refractivity contribution in [3.63, 3.8) is 0 Å². The minimum absolute atomic E-state index is 0. The Morgan fingerprint density at radius 1 is 1.08 bits per heavy atom. The van der Waals surface area contributed by atoms with Gasteiger partial charge in [-0.25, -0.2) is 9.37 Å². The van der Waals surface area contributed by atoms with Gasteiger partial charge in [-0.3, -0.25) is 5.41 Å². The van der Waals surface area contributed by atoms with E-state index in [2.05, 4.69) is 32.2 Å². The zero-order valence-electron chi connectivity index (χ0n) is 21.6. The summed E-state index contributed by atoms with van der Waals surface area (Å²) in [6, 6.07) is 15.0. The van der Waals surface area contributed by atoms with E-state index >= 15 is 0 Å². The van der Waals surface area contributed by atoms with Crippen molar-refractivity contribution in [2.24, 2.45) is 5.92 Å². The highest BCUT2D eigenvalue weighted by molar-refractivity contribution is 14.0. The third-order valence-corrected chi connectivity index (χ3v) is 6.87. The van der Waals surface area contributed by atoms with Crippen LogP contribution in [0.5, 0.6) is 0 Å². The molecule has 37 heavy (non-hydrogen) atoms. The molecule has 3 aromatic rings. The number of imidazole rings is 1. The quantitative estimate of drug-likeness (QED) is 0.130. The Balaban J connectivity index is 0.00000380. The summed E-state index contributed by atoms with van der Waals surface area (Å²) in [5.74, 6) is 1.75. The third-order valence-electron chi connectivity index (χ3n) is 6.87. The van der Waals surface area contributed by atoms with Gasteiger partial charge in [0.2, 0.25) is 0 Å². The van der Waals surface area contributed by atoms with E-state index in [1.807, 2.05) is 24.3 Å². The van der Waals surface area contributed by atoms with Crippen molar-refractivity contribution >= 4 is 41.0 Å². The Kier molecular flexibility index (Phi) is 11.6. The lowest BCUT2D eigenvalue weighted by Gasteiger charge is -2.32. The van der Waals surface area contributed by atoms with Crippen LogP contribution in [0.2, 0.25) is 0 Å². The molecule has 1 fully saturated rings. The summed E-state index contributed by atoms with van der Waals surface area (Å²) < 4.78 is 25.9. The first kappa shape index (κ1) is 29.3. The summed E-state index contributed by atoms with van der Waals surface area (Å²) >= 11 is 0. The summed E-state index contributed by atoms with van der Waals surface area (Å²) in [6.45, 7) is 4.82. The molecule has 202 valence electrons. The van der Waals surface area contributed by atoms with Gasteiger partial charge < -0.3 is 29.6 Å². The van der Waals surface area contributed by atoms with Gasteiger partial charge in [0.15, 0.2) is 12.2 Å². The zero-order valence-corrected chi connectivity index (χ0v) is 23.9. The number of benzene rings is 2. The van der Waals surface area contributed by atoms with Crippen LogP contribution >= 0.6 is 24.0 Å². The molecule has 8 nitrogen and oxygen atoms in total. The average molecular weight is 625 g/mol. The molecule has 1 aliphatic heterocycles. The summed E-state index contributed by atoms with van der Waals surface area (Å²) in [6.07, 6.45) is 2.82. The topological polar surface area (TPSA) is 87.4 Å². The number of likely N-dealkylation sites (tertiary alicyclic amines) is 1. The first-order chi connectivity index (χ1) is 17.6. The molecule has 0 saturated carbocycles. The van der Waals surface area contributed by atoms with Crippen LogP contribution < -0.4 is 10.6 Å². The summed E-state index contributed by atoms with van der Waals surface area (Å²) in [7, 11) is 3.16. The van der Waals surface area contributed by atoms with E-state index in [1.165, 1.54) is 12.1 Å². The lowest BCUT2D eigenvalue weighted by atomic mass is 9.93. The maximum atomic E-state index is 13.4. The van der Waals surface area contributed by atoms with Crippen molar-refractivity contribution in [2.45, 2.75) is 32.1 Å². The minimum Gasteiger partial charge on any atom is -0.355 e. The highest BCUT2D eigenvalue weighted by atomic mass is 127. The van der Waals surface area contributed by atoms with Crippen molar-refractivity contribution in [3.05, 3.63) is 65.7 Å². The van der Waals surface area contributed by atoms with E-state index in [9.17, 15) is 4.39 Å². The summed E-state index contributed by atoms with van der Waals surface area (Å²) in [4.78, 5) is 7.42. The van der Waals surface area contributed by atoms with Gasteiger partial charge in [-0.05, 0) is 61.7 Å². The number of guanidine groups is 1. The third kappa shape index (κ3) is 8.36. The van der Waals surface area contributed by atoms with Gasteiger partial charge in [0.25, 0.3) is 0 Å². The molecule has 0 unspecified atom stereocenters. The van der Waals surface area contributed by atoms with E-state index in [-0.39, 0.29) is 42.0 Å². The van der Waals surface area contributed by atoms with Crippen molar-refractivity contribution in [2.75, 3.05) is 46.9 Å². The molecule has 2 aromatic carbocycles. The first-order valence-corrected chi connectivity index (χ1v) is 12.6. The SMILES string of the molecule is COC(CNC(=N)NCCN1CCC(Cc2nc3ccccc3n2Cc2ccc(F)cc2)CC1)OC.I. The molecule has 0 amide bonds. The molecule has 1 aliphatic rings. The van der Waals surface area contributed by atoms with E-state index in [4.69, 9.17) is 19.9 Å². The highest BCUT2D eigenvalue weighted by Gasteiger charge is 2.22. The van der Waals surface area contributed by atoms with Gasteiger partial charge in [0, 0.05) is 40.3 Å². The number of ether oxygens (including phenoxy) is 2. The standard InChI is InChI=1S/C27H37FN6O2.HI/c1-35-26(36-2)18-31-27(29)30-13-16-33-14-11-20(12-15-33)17-25-32-23-5-3-4-6-24(23)34(25)19-21-7-9-22(28)10-8-21;/h3-10,20,26H,11-19H2,1-2H3,(H3,29,30,31);1H. The second-order valence-electron chi connectivity index (χ2n) is 9.30. The smallest absolute Gasteiger partial charge is 0.188 e. The number of nitrogens with zero attached hydrogens (tertiary/aromatic N) is 3. The molecule has 1 aromatic heterocycles. The first-order valence-electron chi connectivity index (χ1n) is 12.6. The van der Waals surface area contributed by atoms with Gasteiger partial charge in [-0.2, -0.15) is 0 Å². The predicted octanol–water partition coefficient (Wildman–Crippen LogP) is 3.83. The molecular formula is C27H38FIN6O2. The average Bonchev–Trinajstić information content (AvgIpc) is 3.23. The fraction of sp³-hybridized carbons (Fsp3) is 0.481. The Labute approximate surface area is 235 Å². The molecule has 0 aliphatic carbocycles. The summed E-state index contributed by atoms with van der Waals surface area (Å²) in [5.41, 5.74) is 3.21. The number of hydrogen-bond donors (Lipinski definition) is 3. The van der Waals surface area contributed by atoms with E-state index in [0.717, 1.165) is 61.3 Å². The lowest BCUT2D eigenvalue weighted by Crippen LogP contribution is -2.45. The highest BCUT2D eigenvalue weighted by Crippen LogP contribution is 2.25. The van der Waals surface area contributed by atoms with Crippen LogP contribution in [0.15, 0.2) is 48.5 Å². The Bertz CT molecular complexity index is 1110. The lowest BCUT2D eigenvalue weighted by molar-refractivity contribution is -0.0966. The van der Waals surface area contributed by atoms with Crippen LogP contribution in [0.3, 0.4) is 0 Å². The molecule has 10 heteroatoms. The predicted molar refractivity (Wildman–Crippen MR) is 155 cm³/mol. The number of aromatic nitrogens is 2. The van der Waals surface area contributed by atoms with Gasteiger partial charge in [0.1, 0.15) is 11.6 Å². The second-order valence-corrected chi connectivity index (χ2v) is 9.30. The number of fused-ring (bicyclic) bond motifs is 1. The molecule has 0 atom stereocenters. The maximum absolute atomic E-state index is 13.4. The van der Waals surface area contributed by atoms with Crippen LogP contribution in [0.25, 0.3) is 11.0 Å². The fourth-order valence-electron chi connectivity index (χ4n) is 4.75. The van der Waals surface area contributed by atoms with Crippen molar-refractivity contribution < 1.29 is 13.9 Å². The maximum Gasteiger partial charge on any atom is 0.188 e. The summed E-state index contributed by atoms with van der Waals surface area (Å²) in [5, 5.41) is 14.1. The van der Waals surface area contributed by atoms with Crippen molar-refractivity contribution in [1.29, 1.82) is 5.41 Å². The molecular weight excluding hydrogens is 586 g/mol. The number of rotatable bonds is 11. The molecule has 1 saturated heterocycles. The van der Waals surface area contributed by atoms with Crippen LogP contribution in [-0.2, 0) is 22.4 Å². The number of halogens is 2. The molecule has 2 heterocycles. The van der Waals surface area contributed by atoms with E-state index in [0.29, 0.717) is 25.6 Å². The number of piperidine rings is 1. The van der Waals surface area contributed by atoms with E-state index in [1.54, 1.807) is 14.2 Å². The van der Waals surface area contributed by atoms with Gasteiger partial charge >= 0.3 is 0 Å². The zero-order chi connectivity index (χ0) is 25.3.